The fourth-order valence-electron chi connectivity index (χ4n) is 4.71. The van der Waals surface area contributed by atoms with Crippen LogP contribution in [0, 0.1) is 5.92 Å². The Kier molecular flexibility index (Phi) is 5.96. The highest BCUT2D eigenvalue weighted by molar-refractivity contribution is 5.92. The smallest absolute Gasteiger partial charge is 0.274 e. The molecular formula is C20H31N5O3. The van der Waals surface area contributed by atoms with Crippen LogP contribution in [0.4, 0.5) is 0 Å². The Bertz CT molecular complexity index is 692. The monoisotopic (exact) mass is 389 g/mol. The highest BCUT2D eigenvalue weighted by Crippen LogP contribution is 2.26. The topological polar surface area (TPSA) is 70.9 Å². The maximum Gasteiger partial charge on any atom is 0.274 e. The molecule has 0 aromatic carbocycles. The van der Waals surface area contributed by atoms with Crippen molar-refractivity contribution in [1.29, 1.82) is 0 Å². The molecule has 0 bridgehead atoms. The molecule has 0 N–H and O–H groups in total. The number of rotatable bonds is 3. The summed E-state index contributed by atoms with van der Waals surface area (Å²) in [6, 6.07) is 2.24. The number of likely N-dealkylation sites (tertiary alicyclic amines) is 2. The Morgan fingerprint density at radius 2 is 1.79 bits per heavy atom. The Hall–Kier alpha value is -1.93. The van der Waals surface area contributed by atoms with Crippen LogP contribution in [0.2, 0.25) is 0 Å². The lowest BCUT2D eigenvalue weighted by Gasteiger charge is -2.43. The summed E-state index contributed by atoms with van der Waals surface area (Å²) in [6.45, 7) is 6.21. The van der Waals surface area contributed by atoms with Crippen molar-refractivity contribution in [2.45, 2.75) is 31.7 Å². The fraction of sp³-hybridized carbons (Fsp3) is 0.750. The molecule has 0 saturated carbocycles. The molecule has 0 spiro atoms. The number of carbonyl (C=O) groups is 2. The molecule has 1 aromatic heterocycles. The van der Waals surface area contributed by atoms with Crippen molar-refractivity contribution in [2.24, 2.45) is 13.0 Å². The minimum Gasteiger partial charge on any atom is -0.378 e. The molecule has 1 aromatic rings. The van der Waals surface area contributed by atoms with Gasteiger partial charge in [-0.2, -0.15) is 5.10 Å². The quantitative estimate of drug-likeness (QED) is 0.757. The molecule has 1 atom stereocenters. The summed E-state index contributed by atoms with van der Waals surface area (Å²) in [5, 5.41) is 4.23. The van der Waals surface area contributed by atoms with Crippen molar-refractivity contribution < 1.29 is 14.3 Å². The minimum atomic E-state index is 0.0260. The number of amides is 2. The van der Waals surface area contributed by atoms with Crippen LogP contribution < -0.4 is 0 Å². The van der Waals surface area contributed by atoms with Crippen molar-refractivity contribution in [3.63, 3.8) is 0 Å². The first kappa shape index (κ1) is 19.4. The molecule has 3 fully saturated rings. The average Bonchev–Trinajstić information content (AvgIpc) is 3.20. The first-order valence-electron chi connectivity index (χ1n) is 10.5. The van der Waals surface area contributed by atoms with Gasteiger partial charge in [0.15, 0.2) is 0 Å². The Labute approximate surface area is 166 Å². The molecule has 3 aliphatic rings. The highest BCUT2D eigenvalue weighted by Gasteiger charge is 2.34. The molecule has 3 aliphatic heterocycles. The van der Waals surface area contributed by atoms with Crippen LogP contribution in [0.15, 0.2) is 12.3 Å². The van der Waals surface area contributed by atoms with Crippen LogP contribution in [-0.4, -0.2) is 94.8 Å². The van der Waals surface area contributed by atoms with Gasteiger partial charge in [0.05, 0.1) is 19.1 Å². The average molecular weight is 390 g/mol. The molecular weight excluding hydrogens is 358 g/mol. The summed E-state index contributed by atoms with van der Waals surface area (Å²) in [5.41, 5.74) is 0.523. The zero-order valence-corrected chi connectivity index (χ0v) is 16.8. The van der Waals surface area contributed by atoms with Crippen LogP contribution in [0.5, 0.6) is 0 Å². The summed E-state index contributed by atoms with van der Waals surface area (Å²) in [5.74, 6) is 0.439. The first-order valence-corrected chi connectivity index (χ1v) is 10.5. The van der Waals surface area contributed by atoms with E-state index in [0.29, 0.717) is 30.9 Å². The molecule has 8 heteroatoms. The lowest BCUT2D eigenvalue weighted by atomic mass is 9.92. The van der Waals surface area contributed by atoms with Crippen LogP contribution in [0.25, 0.3) is 0 Å². The molecule has 0 aliphatic carbocycles. The van der Waals surface area contributed by atoms with Crippen molar-refractivity contribution in [3.8, 4) is 0 Å². The second-order valence-corrected chi connectivity index (χ2v) is 8.17. The van der Waals surface area contributed by atoms with Crippen molar-refractivity contribution in [2.75, 3.05) is 52.5 Å². The van der Waals surface area contributed by atoms with Gasteiger partial charge < -0.3 is 14.5 Å². The van der Waals surface area contributed by atoms with E-state index in [9.17, 15) is 9.59 Å². The third-order valence-corrected chi connectivity index (χ3v) is 6.33. The number of hydrogen-bond acceptors (Lipinski definition) is 5. The van der Waals surface area contributed by atoms with Crippen LogP contribution in [-0.2, 0) is 16.6 Å². The summed E-state index contributed by atoms with van der Waals surface area (Å²) < 4.78 is 7.04. The lowest BCUT2D eigenvalue weighted by Crippen LogP contribution is -2.53. The van der Waals surface area contributed by atoms with Gasteiger partial charge >= 0.3 is 0 Å². The number of piperidine rings is 2. The third-order valence-electron chi connectivity index (χ3n) is 6.33. The molecule has 2 amide bonds. The number of morpholine rings is 1. The molecule has 8 nitrogen and oxygen atoms in total. The van der Waals surface area contributed by atoms with Gasteiger partial charge in [-0.25, -0.2) is 0 Å². The van der Waals surface area contributed by atoms with Crippen LogP contribution in [0.1, 0.15) is 36.2 Å². The number of ether oxygens (including phenoxy) is 1. The first-order chi connectivity index (χ1) is 13.6. The summed E-state index contributed by atoms with van der Waals surface area (Å²) >= 11 is 0. The van der Waals surface area contributed by atoms with E-state index in [2.05, 4.69) is 10.00 Å². The van der Waals surface area contributed by atoms with Gasteiger partial charge in [0.25, 0.3) is 5.91 Å². The zero-order chi connectivity index (χ0) is 19.5. The Morgan fingerprint density at radius 1 is 1.04 bits per heavy atom. The van der Waals surface area contributed by atoms with Gasteiger partial charge in [-0.15, -0.1) is 0 Å². The van der Waals surface area contributed by atoms with Gasteiger partial charge in [-0.05, 0) is 38.3 Å². The van der Waals surface area contributed by atoms with E-state index in [-0.39, 0.29) is 11.8 Å². The molecule has 1 unspecified atom stereocenters. The second-order valence-electron chi connectivity index (χ2n) is 8.17. The van der Waals surface area contributed by atoms with Gasteiger partial charge in [0, 0.05) is 52.0 Å². The molecule has 0 radical (unpaired) electrons. The van der Waals surface area contributed by atoms with Gasteiger partial charge in [0.2, 0.25) is 5.91 Å². The minimum absolute atomic E-state index is 0.0260. The summed E-state index contributed by atoms with van der Waals surface area (Å²) in [4.78, 5) is 31.8. The third kappa shape index (κ3) is 4.22. The molecule has 4 heterocycles. The number of nitrogens with zero attached hydrogens (tertiary/aromatic N) is 5. The Balaban J connectivity index is 1.29. The number of carbonyl (C=O) groups excluding carboxylic acids is 2. The van der Waals surface area contributed by atoms with Crippen LogP contribution >= 0.6 is 0 Å². The second kappa shape index (κ2) is 8.61. The summed E-state index contributed by atoms with van der Waals surface area (Å²) in [7, 11) is 1.83. The largest absolute Gasteiger partial charge is 0.378 e. The predicted octanol–water partition coefficient (Wildman–Crippen LogP) is 0.596. The maximum absolute atomic E-state index is 12.9. The lowest BCUT2D eigenvalue weighted by molar-refractivity contribution is -0.141. The van der Waals surface area contributed by atoms with E-state index >= 15 is 0 Å². The number of aryl methyl sites for hydroxylation is 1. The molecule has 28 heavy (non-hydrogen) atoms. The standard InChI is InChI=1S/C20H31N5O3/c1-22-8-6-18(21-22)20(27)23-9-4-17(5-10-23)25-7-2-3-16(15-25)19(26)24-11-13-28-14-12-24/h6,8,16-17H,2-5,7,9-15H2,1H3. The van der Waals surface area contributed by atoms with E-state index in [1.807, 2.05) is 16.8 Å². The van der Waals surface area contributed by atoms with Gasteiger partial charge in [0.1, 0.15) is 5.69 Å². The molecule has 4 rings (SSSR count). The van der Waals surface area contributed by atoms with Crippen molar-refractivity contribution in [1.82, 2.24) is 24.5 Å². The van der Waals surface area contributed by atoms with E-state index in [0.717, 1.165) is 65.0 Å². The fourth-order valence-corrected chi connectivity index (χ4v) is 4.71. The highest BCUT2D eigenvalue weighted by atomic mass is 16.5. The van der Waals surface area contributed by atoms with E-state index in [4.69, 9.17) is 4.74 Å². The van der Waals surface area contributed by atoms with Crippen molar-refractivity contribution >= 4 is 11.8 Å². The molecule has 154 valence electrons. The van der Waals surface area contributed by atoms with E-state index in [1.54, 1.807) is 16.9 Å². The van der Waals surface area contributed by atoms with Crippen molar-refractivity contribution in [3.05, 3.63) is 18.0 Å². The van der Waals surface area contributed by atoms with E-state index in [1.165, 1.54) is 0 Å². The van der Waals surface area contributed by atoms with Crippen LogP contribution in [0.3, 0.4) is 0 Å². The maximum atomic E-state index is 12.9. The summed E-state index contributed by atoms with van der Waals surface area (Å²) in [6.07, 6.45) is 5.81. The van der Waals surface area contributed by atoms with Gasteiger partial charge in [-0.3, -0.25) is 19.2 Å². The Morgan fingerprint density at radius 3 is 2.46 bits per heavy atom. The molecule has 3 saturated heterocycles. The van der Waals surface area contributed by atoms with Gasteiger partial charge in [-0.1, -0.05) is 0 Å². The number of hydrogen-bond donors (Lipinski definition) is 0. The predicted molar refractivity (Wildman–Crippen MR) is 104 cm³/mol. The number of aromatic nitrogens is 2. The van der Waals surface area contributed by atoms with E-state index < -0.39 is 0 Å². The normalized spacial score (nSPS) is 25.1. The zero-order valence-electron chi connectivity index (χ0n) is 16.8. The SMILES string of the molecule is Cn1ccc(C(=O)N2CCC(N3CCCC(C(=O)N4CCOCC4)C3)CC2)n1.